The van der Waals surface area contributed by atoms with Gasteiger partial charge in [-0.1, -0.05) is 12.1 Å². The number of aliphatic carboxylic acids is 1. The van der Waals surface area contributed by atoms with Crippen LogP contribution in [0.3, 0.4) is 0 Å². The van der Waals surface area contributed by atoms with Gasteiger partial charge in [0.2, 0.25) is 0 Å². The molecule has 0 spiro atoms. The number of benzene rings is 2. The average molecular weight is 430 g/mol. The van der Waals surface area contributed by atoms with Crippen molar-refractivity contribution in [3.05, 3.63) is 54.1 Å². The summed E-state index contributed by atoms with van der Waals surface area (Å²) in [5.74, 6) is 0.367. The van der Waals surface area contributed by atoms with Crippen LogP contribution in [0.25, 0.3) is 0 Å². The van der Waals surface area contributed by atoms with Crippen LogP contribution < -0.4 is 9.47 Å². The predicted octanol–water partition coefficient (Wildman–Crippen LogP) is 4.35. The van der Waals surface area contributed by atoms with Crippen LogP contribution in [0, 0.1) is 0 Å². The highest BCUT2D eigenvalue weighted by atomic mass is 35.5. The molecule has 9 heteroatoms. The van der Waals surface area contributed by atoms with Crippen LogP contribution in [0.4, 0.5) is 8.78 Å². The molecule has 1 heterocycles. The van der Waals surface area contributed by atoms with Crippen molar-refractivity contribution < 1.29 is 32.9 Å². The van der Waals surface area contributed by atoms with E-state index >= 15 is 0 Å². The van der Waals surface area contributed by atoms with Crippen molar-refractivity contribution in [3.8, 4) is 17.2 Å². The van der Waals surface area contributed by atoms with E-state index in [2.05, 4.69) is 9.64 Å². The molecule has 3 rings (SSSR count). The van der Waals surface area contributed by atoms with Gasteiger partial charge in [0, 0.05) is 19.6 Å². The molecule has 1 fully saturated rings. The van der Waals surface area contributed by atoms with Gasteiger partial charge in [-0.3, -0.25) is 9.69 Å². The van der Waals surface area contributed by atoms with Crippen molar-refractivity contribution in [2.75, 3.05) is 26.2 Å². The van der Waals surface area contributed by atoms with Crippen molar-refractivity contribution in [2.45, 2.75) is 19.1 Å². The molecule has 1 aliphatic heterocycles. The van der Waals surface area contributed by atoms with E-state index in [9.17, 15) is 13.6 Å². The molecule has 2 aromatic carbocycles. The van der Waals surface area contributed by atoms with E-state index in [1.807, 2.05) is 12.1 Å². The highest BCUT2D eigenvalue weighted by Crippen LogP contribution is 2.28. The zero-order chi connectivity index (χ0) is 19.9. The second kappa shape index (κ2) is 10.9. The monoisotopic (exact) mass is 429 g/mol. The standard InChI is InChI=1S/C20H21F2NO5.ClH/c21-20(22)28-17-7-5-16(6-8-17)27-15-3-1-14(2-4-15)18-13-23(11-12-26-18)10-9-19(24)25;/h1-8,18,20H,9-13H2,(H,24,25);1H. The first-order chi connectivity index (χ1) is 13.5. The maximum absolute atomic E-state index is 12.2. The number of morpholine rings is 1. The van der Waals surface area contributed by atoms with Crippen molar-refractivity contribution >= 4 is 18.4 Å². The van der Waals surface area contributed by atoms with Gasteiger partial charge in [0.25, 0.3) is 0 Å². The molecule has 1 saturated heterocycles. The van der Waals surface area contributed by atoms with Crippen LogP contribution in [-0.4, -0.2) is 48.8 Å². The molecule has 1 N–H and O–H groups in total. The smallest absolute Gasteiger partial charge is 0.387 e. The average Bonchev–Trinajstić information content (AvgIpc) is 2.68. The van der Waals surface area contributed by atoms with Crippen LogP contribution in [0.1, 0.15) is 18.1 Å². The third-order valence-corrected chi connectivity index (χ3v) is 4.33. The number of hydrogen-bond donors (Lipinski definition) is 1. The number of alkyl halides is 2. The topological polar surface area (TPSA) is 68.2 Å². The first-order valence-electron chi connectivity index (χ1n) is 8.88. The molecule has 0 aliphatic carbocycles. The van der Waals surface area contributed by atoms with Gasteiger partial charge in [-0.15, -0.1) is 12.4 Å². The Morgan fingerprint density at radius 1 is 1.10 bits per heavy atom. The Hall–Kier alpha value is -2.42. The summed E-state index contributed by atoms with van der Waals surface area (Å²) in [4.78, 5) is 12.8. The molecular formula is C20H22ClF2NO5. The summed E-state index contributed by atoms with van der Waals surface area (Å²) in [6, 6.07) is 13.3. The van der Waals surface area contributed by atoms with E-state index in [-0.39, 0.29) is 30.7 Å². The molecular weight excluding hydrogens is 408 g/mol. The van der Waals surface area contributed by atoms with Crippen LogP contribution in [0.15, 0.2) is 48.5 Å². The molecule has 0 amide bonds. The first kappa shape index (κ1) is 22.9. The Bertz CT molecular complexity index is 773. The number of hydrogen-bond acceptors (Lipinski definition) is 5. The number of carboxylic acids is 1. The quantitative estimate of drug-likeness (QED) is 0.673. The van der Waals surface area contributed by atoms with Crippen molar-refractivity contribution in [3.63, 3.8) is 0 Å². The van der Waals surface area contributed by atoms with Crippen molar-refractivity contribution in [1.29, 1.82) is 0 Å². The number of halogens is 3. The summed E-state index contributed by atoms with van der Waals surface area (Å²) in [7, 11) is 0. The Labute approximate surface area is 173 Å². The van der Waals surface area contributed by atoms with Gasteiger partial charge in [-0.2, -0.15) is 8.78 Å². The van der Waals surface area contributed by atoms with E-state index < -0.39 is 12.6 Å². The van der Waals surface area contributed by atoms with Gasteiger partial charge >= 0.3 is 12.6 Å². The predicted molar refractivity (Wildman–Crippen MR) is 104 cm³/mol. The molecule has 1 atom stereocenters. The van der Waals surface area contributed by atoms with Crippen LogP contribution in [-0.2, 0) is 9.53 Å². The fraction of sp³-hybridized carbons (Fsp3) is 0.350. The van der Waals surface area contributed by atoms with Gasteiger partial charge in [-0.05, 0) is 42.0 Å². The van der Waals surface area contributed by atoms with Crippen molar-refractivity contribution in [2.24, 2.45) is 0 Å². The molecule has 0 aromatic heterocycles. The highest BCUT2D eigenvalue weighted by Gasteiger charge is 2.22. The zero-order valence-corrected chi connectivity index (χ0v) is 16.3. The number of rotatable bonds is 8. The van der Waals surface area contributed by atoms with Crippen LogP contribution in [0.2, 0.25) is 0 Å². The first-order valence-corrected chi connectivity index (χ1v) is 8.88. The Morgan fingerprint density at radius 3 is 2.28 bits per heavy atom. The highest BCUT2D eigenvalue weighted by molar-refractivity contribution is 5.85. The Morgan fingerprint density at radius 2 is 1.69 bits per heavy atom. The van der Waals surface area contributed by atoms with Gasteiger partial charge in [-0.25, -0.2) is 0 Å². The molecule has 6 nitrogen and oxygen atoms in total. The SMILES string of the molecule is Cl.O=C(O)CCN1CCOC(c2ccc(Oc3ccc(OC(F)F)cc3)cc2)C1. The summed E-state index contributed by atoms with van der Waals surface area (Å²) in [6.07, 6.45) is -0.0111. The zero-order valence-electron chi connectivity index (χ0n) is 15.5. The molecule has 0 saturated carbocycles. The van der Waals surface area contributed by atoms with E-state index in [0.717, 1.165) is 12.1 Å². The molecule has 2 aromatic rings. The molecule has 0 bridgehead atoms. The van der Waals surface area contributed by atoms with Crippen LogP contribution >= 0.6 is 12.4 Å². The fourth-order valence-electron chi connectivity index (χ4n) is 2.94. The third kappa shape index (κ3) is 7.16. The number of ether oxygens (including phenoxy) is 3. The molecule has 29 heavy (non-hydrogen) atoms. The van der Waals surface area contributed by atoms with E-state index in [1.165, 1.54) is 12.1 Å². The summed E-state index contributed by atoms with van der Waals surface area (Å²) in [5.41, 5.74) is 0.980. The molecule has 0 radical (unpaired) electrons. The number of carboxylic acid groups (broad SMARTS) is 1. The van der Waals surface area contributed by atoms with Gasteiger partial charge < -0.3 is 19.3 Å². The lowest BCUT2D eigenvalue weighted by Crippen LogP contribution is -2.39. The third-order valence-electron chi connectivity index (χ3n) is 4.33. The number of carbonyl (C=O) groups is 1. The number of nitrogens with zero attached hydrogens (tertiary/aromatic N) is 1. The lowest BCUT2D eigenvalue weighted by molar-refractivity contribution is -0.137. The van der Waals surface area contributed by atoms with Gasteiger partial charge in [0.1, 0.15) is 17.2 Å². The summed E-state index contributed by atoms with van der Waals surface area (Å²) >= 11 is 0. The maximum Gasteiger partial charge on any atom is 0.387 e. The van der Waals surface area contributed by atoms with Crippen molar-refractivity contribution in [1.82, 2.24) is 4.90 Å². The second-order valence-corrected chi connectivity index (χ2v) is 6.32. The van der Waals surface area contributed by atoms with E-state index in [0.29, 0.717) is 31.2 Å². The minimum absolute atomic E-state index is 0. The summed E-state index contributed by atoms with van der Waals surface area (Å²) in [5, 5.41) is 8.82. The Kier molecular flexibility index (Phi) is 8.63. The minimum atomic E-state index is -2.86. The molecule has 1 aliphatic rings. The van der Waals surface area contributed by atoms with E-state index in [1.54, 1.807) is 24.3 Å². The molecule has 158 valence electrons. The Balaban J connectivity index is 0.00000300. The maximum atomic E-state index is 12.2. The fourth-order valence-corrected chi connectivity index (χ4v) is 2.94. The summed E-state index contributed by atoms with van der Waals surface area (Å²) in [6.45, 7) is -0.451. The van der Waals surface area contributed by atoms with Gasteiger partial charge in [0.15, 0.2) is 0 Å². The normalized spacial score (nSPS) is 16.9. The lowest BCUT2D eigenvalue weighted by Gasteiger charge is -2.32. The second-order valence-electron chi connectivity index (χ2n) is 6.32. The van der Waals surface area contributed by atoms with E-state index in [4.69, 9.17) is 14.6 Å². The minimum Gasteiger partial charge on any atom is -0.481 e. The largest absolute Gasteiger partial charge is 0.481 e. The molecule has 1 unspecified atom stereocenters. The van der Waals surface area contributed by atoms with Gasteiger partial charge in [0.05, 0.1) is 19.1 Å². The lowest BCUT2D eigenvalue weighted by atomic mass is 10.1. The van der Waals surface area contributed by atoms with Crippen LogP contribution in [0.5, 0.6) is 17.2 Å². The summed E-state index contributed by atoms with van der Waals surface area (Å²) < 4.78 is 40.1.